The van der Waals surface area contributed by atoms with Crippen LogP contribution in [-0.4, -0.2) is 34.8 Å². The number of carbonyl (C=O) groups is 1. The summed E-state index contributed by atoms with van der Waals surface area (Å²) in [5, 5.41) is 10.5. The first-order valence-electron chi connectivity index (χ1n) is 6.58. The molecule has 0 aromatic carbocycles. The molecule has 2 N–H and O–H groups in total. The van der Waals surface area contributed by atoms with Crippen LogP contribution in [0.1, 0.15) is 41.7 Å². The van der Waals surface area contributed by atoms with Gasteiger partial charge in [0.05, 0.1) is 11.8 Å². The summed E-state index contributed by atoms with van der Waals surface area (Å²) in [6, 6.07) is 0.917. The number of hydrogen-bond acceptors (Lipinski definition) is 3. The second-order valence-electron chi connectivity index (χ2n) is 5.08. The summed E-state index contributed by atoms with van der Waals surface area (Å²) in [6.07, 6.45) is 6.01. The highest BCUT2D eigenvalue weighted by molar-refractivity contribution is 5.95. The van der Waals surface area contributed by atoms with Crippen LogP contribution in [0.5, 0.6) is 0 Å². The number of nitrogens with zero attached hydrogens (tertiary/aromatic N) is 2. The van der Waals surface area contributed by atoms with Crippen molar-refractivity contribution in [3.8, 4) is 0 Å². The monoisotopic (exact) mass is 250 g/mol. The van der Waals surface area contributed by atoms with Gasteiger partial charge in [0.2, 0.25) is 0 Å². The van der Waals surface area contributed by atoms with Crippen LogP contribution in [0.2, 0.25) is 0 Å². The van der Waals surface area contributed by atoms with Crippen molar-refractivity contribution >= 4 is 5.91 Å². The normalized spacial score (nSPS) is 23.9. The molecule has 0 aliphatic heterocycles. The van der Waals surface area contributed by atoms with Crippen molar-refractivity contribution in [1.29, 1.82) is 0 Å². The first-order chi connectivity index (χ1) is 8.61. The predicted octanol–water partition coefficient (Wildman–Crippen LogP) is 0.989. The predicted molar refractivity (Wildman–Crippen MR) is 70.5 cm³/mol. The Morgan fingerprint density at radius 2 is 1.94 bits per heavy atom. The van der Waals surface area contributed by atoms with E-state index in [0.29, 0.717) is 17.6 Å². The van der Waals surface area contributed by atoms with Gasteiger partial charge in [-0.3, -0.25) is 9.48 Å². The Balaban J connectivity index is 1.91. The minimum atomic E-state index is 0.00788. The molecular weight excluding hydrogens is 228 g/mol. The average molecular weight is 250 g/mol. The van der Waals surface area contributed by atoms with E-state index >= 15 is 0 Å². The molecule has 1 aromatic heterocycles. The molecule has 1 amide bonds. The van der Waals surface area contributed by atoms with Crippen LogP contribution in [0.3, 0.4) is 0 Å². The first-order valence-corrected chi connectivity index (χ1v) is 6.58. The Morgan fingerprint density at radius 1 is 1.33 bits per heavy atom. The largest absolute Gasteiger partial charge is 0.349 e. The van der Waals surface area contributed by atoms with Gasteiger partial charge in [-0.15, -0.1) is 0 Å². The van der Waals surface area contributed by atoms with E-state index in [1.807, 2.05) is 21.0 Å². The molecule has 1 aliphatic rings. The number of hydrogen-bond donors (Lipinski definition) is 2. The molecule has 1 aromatic rings. The van der Waals surface area contributed by atoms with E-state index in [1.54, 1.807) is 10.9 Å². The van der Waals surface area contributed by atoms with E-state index in [-0.39, 0.29) is 5.91 Å². The molecule has 0 unspecified atom stereocenters. The summed E-state index contributed by atoms with van der Waals surface area (Å²) in [5.41, 5.74) is 1.60. The number of amides is 1. The van der Waals surface area contributed by atoms with Crippen LogP contribution in [-0.2, 0) is 7.05 Å². The fraction of sp³-hybridized carbons (Fsp3) is 0.692. The maximum Gasteiger partial charge on any atom is 0.254 e. The maximum atomic E-state index is 12.1. The second-order valence-corrected chi connectivity index (χ2v) is 5.08. The molecule has 2 rings (SSSR count). The van der Waals surface area contributed by atoms with Gasteiger partial charge in [-0.25, -0.2) is 0 Å². The van der Waals surface area contributed by atoms with Crippen molar-refractivity contribution in [1.82, 2.24) is 20.4 Å². The highest BCUT2D eigenvalue weighted by Crippen LogP contribution is 2.19. The van der Waals surface area contributed by atoms with Gasteiger partial charge < -0.3 is 10.6 Å². The lowest BCUT2D eigenvalue weighted by atomic mass is 9.91. The summed E-state index contributed by atoms with van der Waals surface area (Å²) < 4.78 is 1.73. The summed E-state index contributed by atoms with van der Waals surface area (Å²) in [4.78, 5) is 12.1. The molecule has 1 saturated carbocycles. The lowest BCUT2D eigenvalue weighted by molar-refractivity contribution is 0.0924. The van der Waals surface area contributed by atoms with E-state index in [2.05, 4.69) is 15.7 Å². The summed E-state index contributed by atoms with van der Waals surface area (Å²) in [5.74, 6) is 0.00788. The van der Waals surface area contributed by atoms with Crippen molar-refractivity contribution in [2.45, 2.75) is 44.7 Å². The van der Waals surface area contributed by atoms with E-state index in [0.717, 1.165) is 31.4 Å². The van der Waals surface area contributed by atoms with Crippen LogP contribution in [0.4, 0.5) is 0 Å². The van der Waals surface area contributed by atoms with Crippen molar-refractivity contribution < 1.29 is 4.79 Å². The van der Waals surface area contributed by atoms with E-state index in [1.165, 1.54) is 0 Å². The van der Waals surface area contributed by atoms with Gasteiger partial charge in [-0.1, -0.05) is 0 Å². The van der Waals surface area contributed by atoms with Crippen LogP contribution in [0.25, 0.3) is 0 Å². The Hall–Kier alpha value is -1.36. The van der Waals surface area contributed by atoms with Gasteiger partial charge in [-0.2, -0.15) is 5.10 Å². The third-order valence-electron chi connectivity index (χ3n) is 3.95. The first kappa shape index (κ1) is 13.1. The third kappa shape index (κ3) is 2.72. The van der Waals surface area contributed by atoms with Gasteiger partial charge in [0.1, 0.15) is 0 Å². The Morgan fingerprint density at radius 3 is 2.44 bits per heavy atom. The zero-order valence-electron chi connectivity index (χ0n) is 11.4. The molecule has 0 saturated heterocycles. The van der Waals surface area contributed by atoms with Crippen LogP contribution in [0, 0.1) is 6.92 Å². The summed E-state index contributed by atoms with van der Waals surface area (Å²) in [7, 11) is 3.85. The number of nitrogens with one attached hydrogen (secondary N) is 2. The molecule has 0 radical (unpaired) electrons. The highest BCUT2D eigenvalue weighted by atomic mass is 16.1. The zero-order valence-corrected chi connectivity index (χ0v) is 11.4. The molecule has 0 spiro atoms. The highest BCUT2D eigenvalue weighted by Gasteiger charge is 2.22. The van der Waals surface area contributed by atoms with Gasteiger partial charge in [0.15, 0.2) is 0 Å². The van der Waals surface area contributed by atoms with Crippen molar-refractivity contribution in [3.63, 3.8) is 0 Å². The SMILES string of the molecule is CNC1CCC(NC(=O)c2cnn(C)c2C)CC1. The molecule has 1 fully saturated rings. The van der Waals surface area contributed by atoms with Crippen LogP contribution < -0.4 is 10.6 Å². The number of rotatable bonds is 3. The molecule has 1 aliphatic carbocycles. The molecule has 0 bridgehead atoms. The molecular formula is C13H22N4O. The fourth-order valence-electron chi connectivity index (χ4n) is 2.51. The quantitative estimate of drug-likeness (QED) is 0.841. The zero-order chi connectivity index (χ0) is 13.1. The maximum absolute atomic E-state index is 12.1. The molecule has 0 atom stereocenters. The second kappa shape index (κ2) is 5.52. The smallest absolute Gasteiger partial charge is 0.254 e. The van der Waals surface area contributed by atoms with Gasteiger partial charge in [0.25, 0.3) is 5.91 Å². The summed E-state index contributed by atoms with van der Waals surface area (Å²) >= 11 is 0. The lowest BCUT2D eigenvalue weighted by Gasteiger charge is -2.28. The van der Waals surface area contributed by atoms with Gasteiger partial charge in [-0.05, 0) is 39.7 Å². The Bertz CT molecular complexity index is 419. The number of aromatic nitrogens is 2. The van der Waals surface area contributed by atoms with E-state index in [9.17, 15) is 4.79 Å². The van der Waals surface area contributed by atoms with Gasteiger partial charge >= 0.3 is 0 Å². The van der Waals surface area contributed by atoms with Crippen molar-refractivity contribution in [3.05, 3.63) is 17.5 Å². The Kier molecular flexibility index (Phi) is 4.01. The molecule has 5 heteroatoms. The third-order valence-corrected chi connectivity index (χ3v) is 3.95. The van der Waals surface area contributed by atoms with E-state index < -0.39 is 0 Å². The average Bonchev–Trinajstić information content (AvgIpc) is 2.71. The molecule has 5 nitrogen and oxygen atoms in total. The molecule has 1 heterocycles. The standard InChI is InChI=1S/C13H22N4O/c1-9-12(8-15-17(9)3)13(18)16-11-6-4-10(14-2)5-7-11/h8,10-11,14H,4-7H2,1-3H3,(H,16,18). The van der Waals surface area contributed by atoms with Gasteiger partial charge in [0, 0.05) is 24.8 Å². The minimum Gasteiger partial charge on any atom is -0.349 e. The molecule has 18 heavy (non-hydrogen) atoms. The van der Waals surface area contributed by atoms with Crippen LogP contribution >= 0.6 is 0 Å². The number of aryl methyl sites for hydroxylation is 1. The van der Waals surface area contributed by atoms with Crippen LogP contribution in [0.15, 0.2) is 6.20 Å². The van der Waals surface area contributed by atoms with Crippen molar-refractivity contribution in [2.75, 3.05) is 7.05 Å². The fourth-order valence-corrected chi connectivity index (χ4v) is 2.51. The van der Waals surface area contributed by atoms with Crippen molar-refractivity contribution in [2.24, 2.45) is 7.05 Å². The summed E-state index contributed by atoms with van der Waals surface area (Å²) in [6.45, 7) is 1.92. The molecule has 100 valence electrons. The minimum absolute atomic E-state index is 0.00788. The van der Waals surface area contributed by atoms with E-state index in [4.69, 9.17) is 0 Å². The number of carbonyl (C=O) groups excluding carboxylic acids is 1. The Labute approximate surface area is 108 Å². The topological polar surface area (TPSA) is 58.9 Å². The lowest BCUT2D eigenvalue weighted by Crippen LogP contribution is -2.41.